The highest BCUT2D eigenvalue weighted by molar-refractivity contribution is 5.94. The third-order valence-electron chi connectivity index (χ3n) is 2.18. The van der Waals surface area contributed by atoms with E-state index in [1.54, 1.807) is 19.2 Å². The highest BCUT2D eigenvalue weighted by Gasteiger charge is 2.18. The Balaban J connectivity index is 2.53. The monoisotopic (exact) mass is 205 g/mol. The van der Waals surface area contributed by atoms with E-state index >= 15 is 0 Å². The molecular weight excluding hydrogens is 194 g/mol. The van der Waals surface area contributed by atoms with E-state index in [4.69, 9.17) is 9.15 Å². The van der Waals surface area contributed by atoms with Crippen molar-refractivity contribution in [1.82, 2.24) is 4.98 Å². The zero-order valence-corrected chi connectivity index (χ0v) is 8.61. The number of esters is 1. The smallest absolute Gasteiger partial charge is 0.374 e. The first-order valence-electron chi connectivity index (χ1n) is 4.75. The maximum Gasteiger partial charge on any atom is 0.374 e. The summed E-state index contributed by atoms with van der Waals surface area (Å²) in [5.74, 6) is -0.196. The molecule has 0 fully saturated rings. The number of aryl methyl sites for hydroxylation is 1. The Bertz CT molecular complexity index is 502. The highest BCUT2D eigenvalue weighted by atomic mass is 16.5. The summed E-state index contributed by atoms with van der Waals surface area (Å²) >= 11 is 0. The molecule has 0 amide bonds. The van der Waals surface area contributed by atoms with Crippen LogP contribution in [0.5, 0.6) is 0 Å². The molecule has 0 aliphatic rings. The van der Waals surface area contributed by atoms with Gasteiger partial charge in [0, 0.05) is 17.1 Å². The molecule has 2 aromatic heterocycles. The summed E-state index contributed by atoms with van der Waals surface area (Å²) in [7, 11) is 0. The molecule has 2 heterocycles. The Hall–Kier alpha value is -1.84. The molecule has 0 bridgehead atoms. The van der Waals surface area contributed by atoms with Gasteiger partial charge in [0.1, 0.15) is 0 Å². The minimum Gasteiger partial charge on any atom is -0.460 e. The van der Waals surface area contributed by atoms with Gasteiger partial charge in [-0.1, -0.05) is 0 Å². The molecule has 0 saturated carbocycles. The van der Waals surface area contributed by atoms with Crippen molar-refractivity contribution in [2.24, 2.45) is 0 Å². The summed E-state index contributed by atoms with van der Waals surface area (Å²) in [5.41, 5.74) is 1.25. The standard InChI is InChI=1S/C11H11NO3/c1-3-14-11(13)9-7(2)8-5-4-6-12-10(8)15-9/h4-6H,3H2,1-2H3. The molecule has 4 heteroatoms. The van der Waals surface area contributed by atoms with Crippen LogP contribution in [0.4, 0.5) is 0 Å². The Labute approximate surface area is 86.9 Å². The average Bonchev–Trinajstić information content (AvgIpc) is 2.57. The zero-order chi connectivity index (χ0) is 10.8. The molecule has 0 aromatic carbocycles. The summed E-state index contributed by atoms with van der Waals surface area (Å²) in [6.45, 7) is 3.91. The van der Waals surface area contributed by atoms with Crippen molar-refractivity contribution in [3.05, 3.63) is 29.7 Å². The quantitative estimate of drug-likeness (QED) is 0.706. The van der Waals surface area contributed by atoms with Crippen LogP contribution in [0.3, 0.4) is 0 Å². The number of hydrogen-bond acceptors (Lipinski definition) is 4. The summed E-state index contributed by atoms with van der Waals surface area (Å²) in [6.07, 6.45) is 1.63. The predicted octanol–water partition coefficient (Wildman–Crippen LogP) is 2.31. The van der Waals surface area contributed by atoms with Crippen LogP contribution in [0.1, 0.15) is 23.0 Å². The molecule has 4 nitrogen and oxygen atoms in total. The second kappa shape index (κ2) is 3.73. The fourth-order valence-electron chi connectivity index (χ4n) is 1.44. The summed E-state index contributed by atoms with van der Waals surface area (Å²) in [5, 5.41) is 0.848. The van der Waals surface area contributed by atoms with Crippen molar-refractivity contribution in [3.8, 4) is 0 Å². The minimum atomic E-state index is -0.437. The molecule has 2 aromatic rings. The number of rotatable bonds is 2. The molecular formula is C11H11NO3. The van der Waals surface area contributed by atoms with Crippen LogP contribution in [0.2, 0.25) is 0 Å². The van der Waals surface area contributed by atoms with Gasteiger partial charge in [0.2, 0.25) is 11.5 Å². The van der Waals surface area contributed by atoms with Crippen molar-refractivity contribution in [2.75, 3.05) is 6.61 Å². The van der Waals surface area contributed by atoms with E-state index in [1.165, 1.54) is 0 Å². The summed E-state index contributed by atoms with van der Waals surface area (Å²) in [6, 6.07) is 3.67. The van der Waals surface area contributed by atoms with Crippen LogP contribution in [-0.2, 0) is 4.74 Å². The molecule has 0 saturated heterocycles. The van der Waals surface area contributed by atoms with E-state index < -0.39 is 5.97 Å². The molecule has 2 rings (SSSR count). The number of furan rings is 1. The lowest BCUT2D eigenvalue weighted by atomic mass is 10.2. The van der Waals surface area contributed by atoms with Gasteiger partial charge < -0.3 is 9.15 Å². The van der Waals surface area contributed by atoms with Crippen molar-refractivity contribution in [2.45, 2.75) is 13.8 Å². The number of carbonyl (C=O) groups excluding carboxylic acids is 1. The number of ether oxygens (including phenoxy) is 1. The van der Waals surface area contributed by atoms with Gasteiger partial charge in [0.25, 0.3) is 0 Å². The molecule has 0 spiro atoms. The molecule has 0 unspecified atom stereocenters. The maximum atomic E-state index is 11.5. The van der Waals surface area contributed by atoms with Crippen LogP contribution in [-0.4, -0.2) is 17.6 Å². The van der Waals surface area contributed by atoms with Crippen molar-refractivity contribution in [1.29, 1.82) is 0 Å². The van der Waals surface area contributed by atoms with Gasteiger partial charge in [0.05, 0.1) is 6.61 Å². The van der Waals surface area contributed by atoms with Crippen LogP contribution >= 0.6 is 0 Å². The molecule has 0 aliphatic carbocycles. The summed E-state index contributed by atoms with van der Waals surface area (Å²) in [4.78, 5) is 15.5. The van der Waals surface area contributed by atoms with Gasteiger partial charge in [0.15, 0.2) is 0 Å². The number of fused-ring (bicyclic) bond motifs is 1. The fraction of sp³-hybridized carbons (Fsp3) is 0.273. The van der Waals surface area contributed by atoms with Crippen molar-refractivity contribution >= 4 is 17.1 Å². The van der Waals surface area contributed by atoms with Gasteiger partial charge in [-0.2, -0.15) is 0 Å². The van der Waals surface area contributed by atoms with Gasteiger partial charge in [-0.3, -0.25) is 0 Å². The lowest BCUT2D eigenvalue weighted by molar-refractivity contribution is 0.0491. The van der Waals surface area contributed by atoms with Crippen molar-refractivity contribution < 1.29 is 13.9 Å². The first-order chi connectivity index (χ1) is 7.24. The molecule has 0 atom stereocenters. The number of nitrogens with zero attached hydrogens (tertiary/aromatic N) is 1. The molecule has 0 N–H and O–H groups in total. The highest BCUT2D eigenvalue weighted by Crippen LogP contribution is 2.23. The second-order valence-corrected chi connectivity index (χ2v) is 3.13. The van der Waals surface area contributed by atoms with Gasteiger partial charge in [-0.05, 0) is 26.0 Å². The fourth-order valence-corrected chi connectivity index (χ4v) is 1.44. The minimum absolute atomic E-state index is 0.241. The third-order valence-corrected chi connectivity index (χ3v) is 2.18. The summed E-state index contributed by atoms with van der Waals surface area (Å²) < 4.78 is 10.2. The first kappa shape index (κ1) is 9.71. The lowest BCUT2D eigenvalue weighted by Gasteiger charge is -1.97. The van der Waals surface area contributed by atoms with E-state index in [2.05, 4.69) is 4.98 Å². The third kappa shape index (κ3) is 1.58. The molecule has 0 radical (unpaired) electrons. The Morgan fingerprint density at radius 2 is 2.40 bits per heavy atom. The normalized spacial score (nSPS) is 10.5. The van der Waals surface area contributed by atoms with Crippen molar-refractivity contribution in [3.63, 3.8) is 0 Å². The Kier molecular flexibility index (Phi) is 2.41. The van der Waals surface area contributed by atoms with E-state index in [1.807, 2.05) is 13.0 Å². The van der Waals surface area contributed by atoms with E-state index in [0.717, 1.165) is 10.9 Å². The second-order valence-electron chi connectivity index (χ2n) is 3.13. The molecule has 0 aliphatic heterocycles. The van der Waals surface area contributed by atoms with Crippen LogP contribution in [0.25, 0.3) is 11.1 Å². The molecule has 15 heavy (non-hydrogen) atoms. The van der Waals surface area contributed by atoms with Crippen LogP contribution < -0.4 is 0 Å². The largest absolute Gasteiger partial charge is 0.460 e. The van der Waals surface area contributed by atoms with Crippen LogP contribution in [0.15, 0.2) is 22.7 Å². The Morgan fingerprint density at radius 1 is 1.60 bits per heavy atom. The van der Waals surface area contributed by atoms with Crippen LogP contribution in [0, 0.1) is 6.92 Å². The maximum absolute atomic E-state index is 11.5. The van der Waals surface area contributed by atoms with Gasteiger partial charge >= 0.3 is 5.97 Å². The molecule has 78 valence electrons. The Morgan fingerprint density at radius 3 is 3.07 bits per heavy atom. The van der Waals surface area contributed by atoms with Gasteiger partial charge in [-0.25, -0.2) is 9.78 Å². The SMILES string of the molecule is CCOC(=O)c1oc2ncccc2c1C. The first-order valence-corrected chi connectivity index (χ1v) is 4.75. The average molecular weight is 205 g/mol. The number of pyridine rings is 1. The number of carbonyl (C=O) groups is 1. The van der Waals surface area contributed by atoms with E-state index in [-0.39, 0.29) is 5.76 Å². The predicted molar refractivity (Wildman–Crippen MR) is 54.7 cm³/mol. The lowest BCUT2D eigenvalue weighted by Crippen LogP contribution is -2.04. The number of hydrogen-bond donors (Lipinski definition) is 0. The number of aromatic nitrogens is 1. The van der Waals surface area contributed by atoms with Gasteiger partial charge in [-0.15, -0.1) is 0 Å². The zero-order valence-electron chi connectivity index (χ0n) is 8.61. The topological polar surface area (TPSA) is 52.3 Å². The van der Waals surface area contributed by atoms with E-state index in [9.17, 15) is 4.79 Å². The van der Waals surface area contributed by atoms with E-state index in [0.29, 0.717) is 12.3 Å².